The lowest BCUT2D eigenvalue weighted by atomic mass is 9.97. The van der Waals surface area contributed by atoms with Gasteiger partial charge in [-0.2, -0.15) is 0 Å². The lowest BCUT2D eigenvalue weighted by Gasteiger charge is -2.08. The van der Waals surface area contributed by atoms with Crippen LogP contribution in [0.3, 0.4) is 0 Å². The van der Waals surface area contributed by atoms with Crippen LogP contribution in [0.4, 0.5) is 0 Å². The Morgan fingerprint density at radius 1 is 0.923 bits per heavy atom. The maximum atomic E-state index is 2.38. The van der Waals surface area contributed by atoms with E-state index in [9.17, 15) is 0 Å². The molecule has 0 saturated heterocycles. The van der Waals surface area contributed by atoms with Gasteiger partial charge in [0.2, 0.25) is 0 Å². The fraction of sp³-hybridized carbons (Fsp3) is 0.538. The van der Waals surface area contributed by atoms with Gasteiger partial charge in [-0.25, -0.2) is 0 Å². The summed E-state index contributed by atoms with van der Waals surface area (Å²) in [5, 5.41) is 0. The summed E-state index contributed by atoms with van der Waals surface area (Å²) in [6, 6.07) is 11.0. The van der Waals surface area contributed by atoms with Crippen molar-refractivity contribution in [3.05, 3.63) is 35.9 Å². The third kappa shape index (κ3) is 1.77. The van der Waals surface area contributed by atoms with E-state index in [1.807, 2.05) is 0 Å². The summed E-state index contributed by atoms with van der Waals surface area (Å²) in [4.78, 5) is 0. The van der Waals surface area contributed by atoms with Gasteiger partial charge in [0.05, 0.1) is 0 Å². The molecule has 2 rings (SSSR count). The van der Waals surface area contributed by atoms with E-state index in [0.29, 0.717) is 0 Å². The van der Waals surface area contributed by atoms with E-state index >= 15 is 0 Å². The Morgan fingerprint density at radius 3 is 2.00 bits per heavy atom. The van der Waals surface area contributed by atoms with Crippen LogP contribution < -0.4 is 0 Å². The van der Waals surface area contributed by atoms with Crippen molar-refractivity contribution in [1.82, 2.24) is 0 Å². The van der Waals surface area contributed by atoms with E-state index in [4.69, 9.17) is 0 Å². The van der Waals surface area contributed by atoms with Crippen LogP contribution >= 0.6 is 0 Å². The zero-order chi connectivity index (χ0) is 9.26. The molecule has 0 radical (unpaired) electrons. The fourth-order valence-electron chi connectivity index (χ4n) is 2.46. The van der Waals surface area contributed by atoms with Crippen LogP contribution in [-0.2, 0) is 0 Å². The standard InChI is InChI=1S/C13H18/c1-10-8-13(9-11(10)2)12-6-4-3-5-7-12/h3-7,10-11,13H,8-9H2,1-2H3. The van der Waals surface area contributed by atoms with Crippen molar-refractivity contribution in [2.45, 2.75) is 32.6 Å². The predicted molar refractivity (Wildman–Crippen MR) is 56.7 cm³/mol. The van der Waals surface area contributed by atoms with Crippen molar-refractivity contribution in [2.75, 3.05) is 0 Å². The zero-order valence-corrected chi connectivity index (χ0v) is 8.53. The Hall–Kier alpha value is -0.780. The lowest BCUT2D eigenvalue weighted by Crippen LogP contribution is -1.95. The third-order valence-electron chi connectivity index (χ3n) is 3.55. The van der Waals surface area contributed by atoms with Crippen LogP contribution in [0.25, 0.3) is 0 Å². The molecular formula is C13H18. The van der Waals surface area contributed by atoms with E-state index in [1.165, 1.54) is 12.8 Å². The SMILES string of the molecule is CC1CC(c2ccccc2)CC1C. The molecule has 0 heteroatoms. The molecule has 0 bridgehead atoms. The molecule has 1 saturated carbocycles. The van der Waals surface area contributed by atoms with Crippen LogP contribution in [0, 0.1) is 11.8 Å². The minimum atomic E-state index is 0.825. The highest BCUT2D eigenvalue weighted by Crippen LogP contribution is 2.41. The van der Waals surface area contributed by atoms with Gasteiger partial charge >= 0.3 is 0 Å². The van der Waals surface area contributed by atoms with E-state index in [1.54, 1.807) is 5.56 Å². The van der Waals surface area contributed by atoms with Crippen LogP contribution in [0.1, 0.15) is 38.2 Å². The van der Waals surface area contributed by atoms with Gasteiger partial charge in [0.25, 0.3) is 0 Å². The summed E-state index contributed by atoms with van der Waals surface area (Å²) in [5.41, 5.74) is 1.54. The molecule has 1 aromatic rings. The van der Waals surface area contributed by atoms with Crippen molar-refractivity contribution in [3.8, 4) is 0 Å². The monoisotopic (exact) mass is 174 g/mol. The highest BCUT2D eigenvalue weighted by atomic mass is 14.3. The smallest absolute Gasteiger partial charge is 0.0157 e. The molecule has 0 nitrogen and oxygen atoms in total. The minimum Gasteiger partial charge on any atom is -0.0622 e. The molecule has 0 heterocycles. The first-order chi connectivity index (χ1) is 6.27. The molecule has 2 atom stereocenters. The molecule has 13 heavy (non-hydrogen) atoms. The summed E-state index contributed by atoms with van der Waals surface area (Å²) in [6.45, 7) is 4.77. The van der Waals surface area contributed by atoms with Gasteiger partial charge in [-0.3, -0.25) is 0 Å². The van der Waals surface area contributed by atoms with Gasteiger partial charge in [0.1, 0.15) is 0 Å². The molecule has 1 aliphatic carbocycles. The van der Waals surface area contributed by atoms with E-state index in [0.717, 1.165) is 17.8 Å². The Morgan fingerprint density at radius 2 is 1.46 bits per heavy atom. The topological polar surface area (TPSA) is 0 Å². The normalized spacial score (nSPS) is 33.5. The summed E-state index contributed by atoms with van der Waals surface area (Å²) in [5.74, 6) is 2.64. The van der Waals surface area contributed by atoms with E-state index in [-0.39, 0.29) is 0 Å². The van der Waals surface area contributed by atoms with Crippen molar-refractivity contribution in [1.29, 1.82) is 0 Å². The highest BCUT2D eigenvalue weighted by Gasteiger charge is 2.28. The molecule has 0 N–H and O–H groups in total. The van der Waals surface area contributed by atoms with Crippen LogP contribution in [-0.4, -0.2) is 0 Å². The number of hydrogen-bond acceptors (Lipinski definition) is 0. The molecular weight excluding hydrogens is 156 g/mol. The minimum absolute atomic E-state index is 0.825. The molecule has 0 spiro atoms. The highest BCUT2D eigenvalue weighted by molar-refractivity contribution is 5.20. The maximum absolute atomic E-state index is 2.38. The molecule has 1 aliphatic rings. The van der Waals surface area contributed by atoms with Crippen molar-refractivity contribution in [3.63, 3.8) is 0 Å². The number of hydrogen-bond donors (Lipinski definition) is 0. The molecule has 0 amide bonds. The summed E-state index contributed by atoms with van der Waals surface area (Å²) in [7, 11) is 0. The summed E-state index contributed by atoms with van der Waals surface area (Å²) >= 11 is 0. The Bertz CT molecular complexity index is 253. The van der Waals surface area contributed by atoms with E-state index < -0.39 is 0 Å². The largest absolute Gasteiger partial charge is 0.0622 e. The third-order valence-corrected chi connectivity index (χ3v) is 3.55. The maximum Gasteiger partial charge on any atom is -0.0157 e. The lowest BCUT2D eigenvalue weighted by molar-refractivity contribution is 0.457. The van der Waals surface area contributed by atoms with Gasteiger partial charge in [0, 0.05) is 0 Å². The number of rotatable bonds is 1. The Labute approximate surface area is 81.0 Å². The average Bonchev–Trinajstić information content (AvgIpc) is 2.49. The molecule has 2 unspecified atom stereocenters. The van der Waals surface area contributed by atoms with E-state index in [2.05, 4.69) is 44.2 Å². The second-order valence-corrected chi connectivity index (χ2v) is 4.53. The Kier molecular flexibility index (Phi) is 2.39. The molecule has 0 aliphatic heterocycles. The average molecular weight is 174 g/mol. The van der Waals surface area contributed by atoms with Gasteiger partial charge in [-0.15, -0.1) is 0 Å². The quantitative estimate of drug-likeness (QED) is 0.607. The van der Waals surface area contributed by atoms with Gasteiger partial charge in [-0.1, -0.05) is 44.2 Å². The number of benzene rings is 1. The summed E-state index contributed by atoms with van der Waals surface area (Å²) in [6.07, 6.45) is 2.76. The second-order valence-electron chi connectivity index (χ2n) is 4.53. The molecule has 1 aromatic carbocycles. The first-order valence-electron chi connectivity index (χ1n) is 5.32. The second kappa shape index (κ2) is 3.53. The van der Waals surface area contributed by atoms with Crippen molar-refractivity contribution >= 4 is 0 Å². The fourth-order valence-corrected chi connectivity index (χ4v) is 2.46. The summed E-state index contributed by atoms with van der Waals surface area (Å²) < 4.78 is 0. The van der Waals surface area contributed by atoms with Gasteiger partial charge in [0.15, 0.2) is 0 Å². The van der Waals surface area contributed by atoms with Crippen LogP contribution in [0.15, 0.2) is 30.3 Å². The molecule has 70 valence electrons. The van der Waals surface area contributed by atoms with Gasteiger partial charge in [-0.05, 0) is 36.2 Å². The zero-order valence-electron chi connectivity index (χ0n) is 8.53. The van der Waals surface area contributed by atoms with Crippen molar-refractivity contribution in [2.24, 2.45) is 11.8 Å². The molecule has 0 aromatic heterocycles. The van der Waals surface area contributed by atoms with Crippen LogP contribution in [0.2, 0.25) is 0 Å². The first-order valence-corrected chi connectivity index (χ1v) is 5.32. The van der Waals surface area contributed by atoms with Crippen LogP contribution in [0.5, 0.6) is 0 Å². The Balaban J connectivity index is 2.12. The van der Waals surface area contributed by atoms with Gasteiger partial charge < -0.3 is 0 Å². The van der Waals surface area contributed by atoms with Crippen molar-refractivity contribution < 1.29 is 0 Å². The first kappa shape index (κ1) is 8.80. The molecule has 1 fully saturated rings. The predicted octanol–water partition coefficient (Wildman–Crippen LogP) is 3.84.